The van der Waals surface area contributed by atoms with Gasteiger partial charge < -0.3 is 9.64 Å². The van der Waals surface area contributed by atoms with Crippen LogP contribution in [0.15, 0.2) is 70.1 Å². The molecule has 0 amide bonds. The molecule has 142 valence electrons. The fourth-order valence-corrected chi connectivity index (χ4v) is 4.07. The highest BCUT2D eigenvalue weighted by atomic mass is 32.2. The number of para-hydroxylation sites is 1. The van der Waals surface area contributed by atoms with Gasteiger partial charge in [-0.1, -0.05) is 54.2 Å². The van der Waals surface area contributed by atoms with Crippen LogP contribution in [0.5, 0.6) is 0 Å². The molecule has 0 aliphatic carbocycles. The molecule has 1 heterocycles. The van der Waals surface area contributed by atoms with Gasteiger partial charge >= 0.3 is 5.97 Å². The van der Waals surface area contributed by atoms with Crippen molar-refractivity contribution in [1.29, 1.82) is 5.26 Å². The zero-order valence-corrected chi connectivity index (χ0v) is 16.7. The second-order valence-electron chi connectivity index (χ2n) is 6.91. The Morgan fingerprint density at radius 1 is 1.11 bits per heavy atom. The van der Waals surface area contributed by atoms with Crippen LogP contribution in [0.2, 0.25) is 0 Å². The second-order valence-corrected chi connectivity index (χ2v) is 7.94. The van der Waals surface area contributed by atoms with Crippen molar-refractivity contribution in [2.24, 2.45) is 0 Å². The van der Waals surface area contributed by atoms with E-state index in [1.165, 1.54) is 11.8 Å². The molecule has 0 aromatic heterocycles. The molecule has 5 nitrogen and oxygen atoms in total. The summed E-state index contributed by atoms with van der Waals surface area (Å²) in [4.78, 5) is 28.0. The monoisotopic (exact) mass is 392 g/mol. The predicted molar refractivity (Wildman–Crippen MR) is 109 cm³/mol. The lowest BCUT2D eigenvalue weighted by Gasteiger charge is -2.23. The highest BCUT2D eigenvalue weighted by Gasteiger charge is 2.33. The number of hydrogen-bond acceptors (Lipinski definition) is 6. The Kier molecular flexibility index (Phi) is 5.57. The Morgan fingerprint density at radius 3 is 2.39 bits per heavy atom. The van der Waals surface area contributed by atoms with E-state index < -0.39 is 23.8 Å². The van der Waals surface area contributed by atoms with E-state index in [4.69, 9.17) is 4.74 Å². The van der Waals surface area contributed by atoms with Gasteiger partial charge in [-0.15, -0.1) is 0 Å². The Morgan fingerprint density at radius 2 is 1.75 bits per heavy atom. The molecule has 0 atom stereocenters. The van der Waals surface area contributed by atoms with Crippen molar-refractivity contribution >= 4 is 29.2 Å². The van der Waals surface area contributed by atoms with E-state index in [1.807, 2.05) is 72.6 Å². The normalized spacial score (nSPS) is 14.9. The van der Waals surface area contributed by atoms with Crippen LogP contribution in [0.25, 0.3) is 0 Å². The predicted octanol–water partition coefficient (Wildman–Crippen LogP) is 4.05. The number of thioether (sulfide) groups is 1. The van der Waals surface area contributed by atoms with Gasteiger partial charge in [-0.25, -0.2) is 0 Å². The number of fused-ring (bicyclic) bond motifs is 1. The third-order valence-corrected chi connectivity index (χ3v) is 5.92. The summed E-state index contributed by atoms with van der Waals surface area (Å²) in [5.41, 5.74) is 0.837. The topological polar surface area (TPSA) is 70.4 Å². The number of benzene rings is 2. The largest absolute Gasteiger partial charge is 0.457 e. The molecule has 2 aromatic carbocycles. The molecule has 0 saturated carbocycles. The van der Waals surface area contributed by atoms with Crippen molar-refractivity contribution in [3.05, 3.63) is 70.8 Å². The Balaban J connectivity index is 1.74. The van der Waals surface area contributed by atoms with Gasteiger partial charge in [0.05, 0.1) is 11.1 Å². The minimum atomic E-state index is -0.892. The highest BCUT2D eigenvalue weighted by molar-refractivity contribution is 8.03. The standard InChI is InChI=1S/C22H20N2O3S/c1-22(2,15-9-5-4-6-10-15)21(26)27-14-18(25)16(13-23)20-24(3)17-11-7-8-12-19(17)28-20/h4-12H,14H2,1-3H3/b20-16-. The number of hydrogen-bond donors (Lipinski definition) is 0. The van der Waals surface area contributed by atoms with Crippen LogP contribution in [0.3, 0.4) is 0 Å². The van der Waals surface area contributed by atoms with Gasteiger partial charge in [0, 0.05) is 11.9 Å². The van der Waals surface area contributed by atoms with Gasteiger partial charge in [-0.3, -0.25) is 9.59 Å². The van der Waals surface area contributed by atoms with E-state index >= 15 is 0 Å². The molecule has 2 aromatic rings. The van der Waals surface area contributed by atoms with Crippen molar-refractivity contribution in [2.75, 3.05) is 18.6 Å². The third-order valence-electron chi connectivity index (χ3n) is 4.68. The SMILES string of the molecule is CN1/C(=C(\C#N)C(=O)COC(=O)C(C)(C)c2ccccc2)Sc2ccccc21. The number of nitriles is 1. The summed E-state index contributed by atoms with van der Waals surface area (Å²) in [6.07, 6.45) is 0. The molecule has 3 rings (SSSR count). The highest BCUT2D eigenvalue weighted by Crippen LogP contribution is 2.46. The number of nitrogens with zero attached hydrogens (tertiary/aromatic N) is 2. The van der Waals surface area contributed by atoms with Gasteiger partial charge in [0.25, 0.3) is 0 Å². The number of carbonyl (C=O) groups excluding carboxylic acids is 2. The molecule has 28 heavy (non-hydrogen) atoms. The summed E-state index contributed by atoms with van der Waals surface area (Å²) in [5.74, 6) is -1.02. The van der Waals surface area contributed by atoms with Crippen molar-refractivity contribution < 1.29 is 14.3 Å². The maximum atomic E-state index is 12.6. The van der Waals surface area contributed by atoms with E-state index in [0.717, 1.165) is 16.1 Å². The van der Waals surface area contributed by atoms with Crippen molar-refractivity contribution in [3.63, 3.8) is 0 Å². The van der Waals surface area contributed by atoms with E-state index in [1.54, 1.807) is 13.8 Å². The van der Waals surface area contributed by atoms with Crippen molar-refractivity contribution in [3.8, 4) is 6.07 Å². The third kappa shape index (κ3) is 3.67. The minimum Gasteiger partial charge on any atom is -0.457 e. The molecule has 0 unspecified atom stereocenters. The van der Waals surface area contributed by atoms with Crippen LogP contribution in [0.4, 0.5) is 5.69 Å². The molecule has 6 heteroatoms. The fourth-order valence-electron chi connectivity index (χ4n) is 2.91. The van der Waals surface area contributed by atoms with Gasteiger partial charge in [0.15, 0.2) is 6.61 Å². The molecule has 0 fully saturated rings. The van der Waals surface area contributed by atoms with Gasteiger partial charge in [-0.2, -0.15) is 5.26 Å². The zero-order chi connectivity index (χ0) is 20.3. The van der Waals surface area contributed by atoms with Crippen molar-refractivity contribution in [2.45, 2.75) is 24.2 Å². The average molecular weight is 392 g/mol. The molecule has 0 radical (unpaired) electrons. The number of carbonyl (C=O) groups is 2. The maximum absolute atomic E-state index is 12.6. The number of anilines is 1. The average Bonchev–Trinajstić information content (AvgIpc) is 3.04. The van der Waals surface area contributed by atoms with Crippen LogP contribution >= 0.6 is 11.8 Å². The second kappa shape index (κ2) is 7.91. The lowest BCUT2D eigenvalue weighted by molar-refractivity contribution is -0.152. The van der Waals surface area contributed by atoms with Crippen LogP contribution in [-0.2, 0) is 19.7 Å². The molecule has 0 saturated heterocycles. The number of Topliss-reactive ketones (excluding diaryl/α,β-unsaturated/α-hetero) is 1. The molecule has 1 aliphatic rings. The first-order valence-corrected chi connectivity index (χ1v) is 9.59. The maximum Gasteiger partial charge on any atom is 0.316 e. The Bertz CT molecular complexity index is 990. The summed E-state index contributed by atoms with van der Waals surface area (Å²) < 4.78 is 5.28. The van der Waals surface area contributed by atoms with Gasteiger partial charge in [0.2, 0.25) is 5.78 Å². The van der Waals surface area contributed by atoms with E-state index in [-0.39, 0.29) is 5.57 Å². The lowest BCUT2D eigenvalue weighted by atomic mass is 9.85. The van der Waals surface area contributed by atoms with Crippen LogP contribution in [0.1, 0.15) is 19.4 Å². The van der Waals surface area contributed by atoms with Gasteiger partial charge in [0.1, 0.15) is 16.7 Å². The zero-order valence-electron chi connectivity index (χ0n) is 15.9. The number of esters is 1. The van der Waals surface area contributed by atoms with Crippen molar-refractivity contribution in [1.82, 2.24) is 0 Å². The van der Waals surface area contributed by atoms with Crippen LogP contribution in [0, 0.1) is 11.3 Å². The quantitative estimate of drug-likeness (QED) is 0.434. The molecule has 0 bridgehead atoms. The van der Waals surface area contributed by atoms with Crippen LogP contribution in [-0.4, -0.2) is 25.4 Å². The Hall–Kier alpha value is -3.04. The number of ketones is 1. The minimum absolute atomic E-state index is 0.00554. The smallest absolute Gasteiger partial charge is 0.316 e. The molecule has 0 N–H and O–H groups in total. The molecular formula is C22H20N2O3S. The van der Waals surface area contributed by atoms with E-state index in [0.29, 0.717) is 5.03 Å². The Labute approximate surface area is 168 Å². The first kappa shape index (κ1) is 19.7. The summed E-state index contributed by atoms with van der Waals surface area (Å²) in [5, 5.41) is 10.1. The molecule has 1 aliphatic heterocycles. The van der Waals surface area contributed by atoms with E-state index in [9.17, 15) is 14.9 Å². The fraction of sp³-hybridized carbons (Fsp3) is 0.227. The molecular weight excluding hydrogens is 372 g/mol. The first-order valence-electron chi connectivity index (χ1n) is 8.77. The van der Waals surface area contributed by atoms with Crippen LogP contribution < -0.4 is 4.90 Å². The summed E-state index contributed by atoms with van der Waals surface area (Å²) in [6, 6.07) is 18.9. The van der Waals surface area contributed by atoms with E-state index in [2.05, 4.69) is 0 Å². The van der Waals surface area contributed by atoms with Gasteiger partial charge in [-0.05, 0) is 31.5 Å². The summed E-state index contributed by atoms with van der Waals surface area (Å²) in [7, 11) is 1.81. The summed E-state index contributed by atoms with van der Waals surface area (Å²) >= 11 is 1.36. The summed E-state index contributed by atoms with van der Waals surface area (Å²) in [6.45, 7) is 3.03. The number of ether oxygens (including phenoxy) is 1. The molecule has 0 spiro atoms. The number of rotatable bonds is 5. The lowest BCUT2D eigenvalue weighted by Crippen LogP contribution is -2.32. The first-order chi connectivity index (χ1) is 13.4.